The maximum absolute atomic E-state index is 12.0. The highest BCUT2D eigenvalue weighted by molar-refractivity contribution is 9.10. The lowest BCUT2D eigenvalue weighted by Gasteiger charge is -2.44. The molecule has 1 fully saturated rings. The van der Waals surface area contributed by atoms with Crippen LogP contribution in [0.4, 0.5) is 5.69 Å². The van der Waals surface area contributed by atoms with Crippen molar-refractivity contribution in [3.63, 3.8) is 0 Å². The van der Waals surface area contributed by atoms with Crippen molar-refractivity contribution in [2.45, 2.75) is 45.1 Å². The van der Waals surface area contributed by atoms with Crippen LogP contribution in [0, 0.1) is 11.8 Å². The molecule has 1 aromatic carbocycles. The van der Waals surface area contributed by atoms with E-state index >= 15 is 0 Å². The molecule has 0 aliphatic heterocycles. The average Bonchev–Trinajstić information content (AvgIpc) is 2.43. The lowest BCUT2D eigenvalue weighted by Crippen LogP contribution is -2.55. The van der Waals surface area contributed by atoms with Gasteiger partial charge in [-0.2, -0.15) is 0 Å². The summed E-state index contributed by atoms with van der Waals surface area (Å²) in [5, 5.41) is 13.8. The van der Waals surface area contributed by atoms with Gasteiger partial charge in [-0.15, -0.1) is 0 Å². The molecule has 0 bridgehead atoms. The number of carboxylic acids is 1. The van der Waals surface area contributed by atoms with Crippen molar-refractivity contribution in [2.75, 3.05) is 5.32 Å². The Morgan fingerprint density at radius 3 is 2.76 bits per heavy atom. The maximum atomic E-state index is 12.0. The minimum absolute atomic E-state index is 0.123. The lowest BCUT2D eigenvalue weighted by molar-refractivity contribution is -0.146. The minimum atomic E-state index is -0.889. The minimum Gasteiger partial charge on any atom is -0.479 e. The van der Waals surface area contributed by atoms with Crippen molar-refractivity contribution in [1.29, 1.82) is 0 Å². The van der Waals surface area contributed by atoms with E-state index in [1.54, 1.807) is 6.07 Å². The second-order valence-corrected chi connectivity index (χ2v) is 7.39. The molecule has 2 N–H and O–H groups in total. The van der Waals surface area contributed by atoms with Gasteiger partial charge < -0.3 is 10.4 Å². The molecule has 116 valence electrons. The molecule has 1 saturated carbocycles. The summed E-state index contributed by atoms with van der Waals surface area (Å²) in [7, 11) is 0. The van der Waals surface area contributed by atoms with Crippen molar-refractivity contribution in [3.05, 3.63) is 27.7 Å². The van der Waals surface area contributed by atoms with E-state index in [0.29, 0.717) is 17.4 Å². The number of hydrogen-bond acceptors (Lipinski definition) is 2. The van der Waals surface area contributed by atoms with Gasteiger partial charge in [0.25, 0.3) is 0 Å². The number of anilines is 1. The zero-order valence-corrected chi connectivity index (χ0v) is 14.7. The molecule has 2 rings (SSSR count). The highest BCUT2D eigenvalue weighted by Gasteiger charge is 2.48. The Hall–Kier alpha value is -0.740. The first-order valence-electron chi connectivity index (χ1n) is 7.33. The summed E-state index contributed by atoms with van der Waals surface area (Å²) < 4.78 is 0.770. The fourth-order valence-electron chi connectivity index (χ4n) is 3.41. The quantitative estimate of drug-likeness (QED) is 0.763. The van der Waals surface area contributed by atoms with Crippen LogP contribution in [0.25, 0.3) is 0 Å². The summed E-state index contributed by atoms with van der Waals surface area (Å²) in [5.74, 6) is -0.310. The van der Waals surface area contributed by atoms with Gasteiger partial charge in [0.05, 0.1) is 5.02 Å². The zero-order chi connectivity index (χ0) is 15.6. The molecule has 1 aromatic rings. The largest absolute Gasteiger partial charge is 0.479 e. The lowest BCUT2D eigenvalue weighted by atomic mass is 9.67. The second-order valence-electron chi connectivity index (χ2n) is 6.13. The van der Waals surface area contributed by atoms with Crippen LogP contribution >= 0.6 is 27.5 Å². The molecule has 0 aromatic heterocycles. The van der Waals surface area contributed by atoms with E-state index in [0.717, 1.165) is 29.4 Å². The van der Waals surface area contributed by atoms with Crippen LogP contribution in [0.15, 0.2) is 22.7 Å². The van der Waals surface area contributed by atoms with Gasteiger partial charge in [-0.25, -0.2) is 4.79 Å². The molecule has 21 heavy (non-hydrogen) atoms. The molecule has 0 saturated heterocycles. The average molecular weight is 375 g/mol. The molecule has 2 unspecified atom stereocenters. The summed E-state index contributed by atoms with van der Waals surface area (Å²) in [5.41, 5.74) is -0.0964. The number of carbonyl (C=O) groups is 1. The first kappa shape index (κ1) is 16.6. The van der Waals surface area contributed by atoms with E-state index in [2.05, 4.69) is 35.1 Å². The number of rotatable bonds is 4. The third-order valence-corrected chi connectivity index (χ3v) is 5.66. The van der Waals surface area contributed by atoms with Gasteiger partial charge in [-0.3, -0.25) is 0 Å². The number of hydrogen-bond donors (Lipinski definition) is 2. The number of nitrogens with one attached hydrogen (secondary N) is 1. The standard InChI is InChI=1S/C16H21BrClNO2/c1-10(2)12-5-3-4-8-16(12,15(20)21)19-11-6-7-14(18)13(17)9-11/h6-7,9-10,12,19H,3-5,8H2,1-2H3,(H,20,21). The summed E-state index contributed by atoms with van der Waals surface area (Å²) in [6, 6.07) is 5.46. The fraction of sp³-hybridized carbons (Fsp3) is 0.562. The highest BCUT2D eigenvalue weighted by atomic mass is 79.9. The molecule has 2 atom stereocenters. The summed E-state index contributed by atoms with van der Waals surface area (Å²) in [6.45, 7) is 4.21. The van der Waals surface area contributed by atoms with Gasteiger partial charge in [0.15, 0.2) is 0 Å². The van der Waals surface area contributed by atoms with Crippen LogP contribution in [0.3, 0.4) is 0 Å². The number of halogens is 2. The molecule has 3 nitrogen and oxygen atoms in total. The summed E-state index contributed by atoms with van der Waals surface area (Å²) in [4.78, 5) is 12.0. The van der Waals surface area contributed by atoms with E-state index in [4.69, 9.17) is 11.6 Å². The van der Waals surface area contributed by atoms with Crippen LogP contribution in [0.1, 0.15) is 39.5 Å². The topological polar surface area (TPSA) is 49.3 Å². The molecule has 0 heterocycles. The van der Waals surface area contributed by atoms with Gasteiger partial charge >= 0.3 is 5.97 Å². The first-order valence-corrected chi connectivity index (χ1v) is 8.50. The van der Waals surface area contributed by atoms with E-state index in [9.17, 15) is 9.90 Å². The van der Waals surface area contributed by atoms with Crippen LogP contribution < -0.4 is 5.32 Å². The monoisotopic (exact) mass is 373 g/mol. The van der Waals surface area contributed by atoms with E-state index in [1.165, 1.54) is 0 Å². The van der Waals surface area contributed by atoms with Crippen molar-refractivity contribution in [3.8, 4) is 0 Å². The normalized spacial score (nSPS) is 25.9. The van der Waals surface area contributed by atoms with Crippen LogP contribution in [-0.2, 0) is 4.79 Å². The predicted octanol–water partition coefficient (Wildman–Crippen LogP) is 5.18. The molecule has 1 aliphatic rings. The fourth-order valence-corrected chi connectivity index (χ4v) is 3.90. The smallest absolute Gasteiger partial charge is 0.329 e. The molecule has 5 heteroatoms. The molecule has 1 aliphatic carbocycles. The highest BCUT2D eigenvalue weighted by Crippen LogP contribution is 2.41. The van der Waals surface area contributed by atoms with E-state index < -0.39 is 11.5 Å². The Kier molecular flexibility index (Phi) is 5.20. The summed E-state index contributed by atoms with van der Waals surface area (Å²) in [6.07, 6.45) is 3.65. The maximum Gasteiger partial charge on any atom is 0.329 e. The Morgan fingerprint density at radius 1 is 1.48 bits per heavy atom. The Balaban J connectivity index is 2.36. The molecule has 0 radical (unpaired) electrons. The Labute approximate surface area is 139 Å². The number of benzene rings is 1. The molecule has 0 spiro atoms. The van der Waals surface area contributed by atoms with Crippen LogP contribution in [-0.4, -0.2) is 16.6 Å². The third-order valence-electron chi connectivity index (χ3n) is 4.44. The van der Waals surface area contributed by atoms with Crippen LogP contribution in [0.5, 0.6) is 0 Å². The van der Waals surface area contributed by atoms with Crippen molar-refractivity contribution >= 4 is 39.2 Å². The van der Waals surface area contributed by atoms with Crippen molar-refractivity contribution in [2.24, 2.45) is 11.8 Å². The second kappa shape index (κ2) is 6.57. The molecule has 0 amide bonds. The number of aliphatic carboxylic acids is 1. The van der Waals surface area contributed by atoms with Crippen molar-refractivity contribution in [1.82, 2.24) is 0 Å². The van der Waals surface area contributed by atoms with E-state index in [1.807, 2.05) is 12.1 Å². The third kappa shape index (κ3) is 3.37. The SMILES string of the molecule is CC(C)C1CCCCC1(Nc1ccc(Cl)c(Br)c1)C(=O)O. The van der Waals surface area contributed by atoms with Gasteiger partial charge in [-0.05, 0) is 58.8 Å². The number of carboxylic acid groups (broad SMARTS) is 1. The molecular formula is C16H21BrClNO2. The van der Waals surface area contributed by atoms with Gasteiger partial charge in [0.2, 0.25) is 0 Å². The van der Waals surface area contributed by atoms with Crippen LogP contribution in [0.2, 0.25) is 5.02 Å². The Bertz CT molecular complexity index is 535. The predicted molar refractivity (Wildman–Crippen MR) is 89.9 cm³/mol. The zero-order valence-electron chi connectivity index (χ0n) is 12.3. The van der Waals surface area contributed by atoms with Gasteiger partial charge in [-0.1, -0.05) is 38.3 Å². The van der Waals surface area contributed by atoms with Crippen molar-refractivity contribution < 1.29 is 9.90 Å². The summed E-state index contributed by atoms with van der Waals surface area (Å²) >= 11 is 9.40. The van der Waals surface area contributed by atoms with Gasteiger partial charge in [0.1, 0.15) is 5.54 Å². The Morgan fingerprint density at radius 2 is 2.19 bits per heavy atom. The molecular weight excluding hydrogens is 354 g/mol. The first-order chi connectivity index (χ1) is 9.86. The van der Waals surface area contributed by atoms with E-state index in [-0.39, 0.29) is 5.92 Å². The van der Waals surface area contributed by atoms with Gasteiger partial charge in [0, 0.05) is 10.2 Å².